The van der Waals surface area contributed by atoms with Gasteiger partial charge in [-0.15, -0.1) is 0 Å². The number of rotatable bonds is 7. The van der Waals surface area contributed by atoms with Crippen molar-refractivity contribution >= 4 is 12.0 Å². The summed E-state index contributed by atoms with van der Waals surface area (Å²) in [5.41, 5.74) is 4.70. The predicted molar refractivity (Wildman–Crippen MR) is 110 cm³/mol. The van der Waals surface area contributed by atoms with Crippen molar-refractivity contribution in [2.24, 2.45) is 5.92 Å². The molecule has 1 heterocycles. The first-order valence-electron chi connectivity index (χ1n) is 10.2. The van der Waals surface area contributed by atoms with E-state index >= 15 is 0 Å². The van der Waals surface area contributed by atoms with E-state index in [1.54, 1.807) is 12.1 Å². The van der Waals surface area contributed by atoms with Crippen LogP contribution in [-0.2, 0) is 17.6 Å². The normalized spacial score (nSPS) is 18.2. The molecule has 2 aromatic carbocycles. The average Bonchev–Trinajstić information content (AvgIpc) is 3.27. The van der Waals surface area contributed by atoms with Crippen molar-refractivity contribution in [1.29, 1.82) is 0 Å². The Labute approximate surface area is 166 Å². The Morgan fingerprint density at radius 3 is 2.50 bits per heavy atom. The number of carbonyl (C=O) groups excluding carboxylic acids is 1. The van der Waals surface area contributed by atoms with E-state index < -0.39 is 0 Å². The second kappa shape index (κ2) is 8.70. The Bertz CT molecular complexity index is 834. The van der Waals surface area contributed by atoms with Crippen LogP contribution in [0.15, 0.2) is 54.1 Å². The molecule has 28 heavy (non-hydrogen) atoms. The van der Waals surface area contributed by atoms with Crippen molar-refractivity contribution in [2.75, 3.05) is 26.2 Å². The summed E-state index contributed by atoms with van der Waals surface area (Å²) in [7, 11) is 0. The van der Waals surface area contributed by atoms with Gasteiger partial charge in [0.1, 0.15) is 5.82 Å². The lowest BCUT2D eigenvalue weighted by Crippen LogP contribution is -2.30. The number of hydrogen-bond acceptors (Lipinski definition) is 2. The van der Waals surface area contributed by atoms with E-state index in [4.69, 9.17) is 0 Å². The summed E-state index contributed by atoms with van der Waals surface area (Å²) >= 11 is 0. The molecule has 0 aromatic heterocycles. The van der Waals surface area contributed by atoms with E-state index in [-0.39, 0.29) is 11.7 Å². The summed E-state index contributed by atoms with van der Waals surface area (Å²) in [6, 6.07) is 15.0. The first-order valence-corrected chi connectivity index (χ1v) is 10.2. The van der Waals surface area contributed by atoms with Crippen molar-refractivity contribution in [3.05, 3.63) is 76.6 Å². The molecule has 4 rings (SSSR count). The Morgan fingerprint density at radius 1 is 1.07 bits per heavy atom. The number of fused-ring (bicyclic) bond motifs is 1. The van der Waals surface area contributed by atoms with E-state index in [2.05, 4.69) is 29.6 Å². The van der Waals surface area contributed by atoms with Gasteiger partial charge in [-0.1, -0.05) is 36.4 Å². The van der Waals surface area contributed by atoms with Gasteiger partial charge in [0.05, 0.1) is 0 Å². The quantitative estimate of drug-likeness (QED) is 0.587. The van der Waals surface area contributed by atoms with E-state index in [0.29, 0.717) is 5.92 Å². The zero-order valence-electron chi connectivity index (χ0n) is 16.2. The molecule has 4 heteroatoms. The summed E-state index contributed by atoms with van der Waals surface area (Å²) in [5.74, 6) is 0.558. The van der Waals surface area contributed by atoms with Crippen LogP contribution in [0, 0.1) is 11.7 Å². The highest BCUT2D eigenvalue weighted by molar-refractivity contribution is 5.99. The van der Waals surface area contributed by atoms with Crippen LogP contribution in [0.1, 0.15) is 29.5 Å². The second-order valence-corrected chi connectivity index (χ2v) is 7.86. The van der Waals surface area contributed by atoms with Gasteiger partial charge in [-0.05, 0) is 79.6 Å². The van der Waals surface area contributed by atoms with Gasteiger partial charge in [-0.3, -0.25) is 4.79 Å². The number of carbonyl (C=O) groups is 1. The molecule has 2 aromatic rings. The lowest BCUT2D eigenvalue weighted by Gasteiger charge is -2.16. The molecule has 146 valence electrons. The van der Waals surface area contributed by atoms with Gasteiger partial charge >= 0.3 is 0 Å². The molecule has 1 amide bonds. The topological polar surface area (TPSA) is 32.3 Å². The Kier molecular flexibility index (Phi) is 5.87. The molecule has 0 atom stereocenters. The standard InChI is InChI=1S/C24H27FN2O/c25-23-8-6-18(7-9-23)14-22-10-13-27(24(22)28)12-3-11-26-17-19-15-20-4-1-2-5-21(20)16-19/h1-2,4-9,14,19,26H,3,10-13,15-17H2/b22-14+. The van der Waals surface area contributed by atoms with Crippen molar-refractivity contribution in [3.8, 4) is 0 Å². The third-order valence-corrected chi connectivity index (χ3v) is 5.77. The summed E-state index contributed by atoms with van der Waals surface area (Å²) in [6.07, 6.45) is 5.97. The smallest absolute Gasteiger partial charge is 0.249 e. The maximum atomic E-state index is 13.0. The zero-order valence-corrected chi connectivity index (χ0v) is 16.2. The van der Waals surface area contributed by atoms with Crippen molar-refractivity contribution in [1.82, 2.24) is 10.2 Å². The van der Waals surface area contributed by atoms with Crippen molar-refractivity contribution < 1.29 is 9.18 Å². The van der Waals surface area contributed by atoms with Crippen LogP contribution in [0.5, 0.6) is 0 Å². The fourth-order valence-corrected chi connectivity index (χ4v) is 4.27. The average molecular weight is 378 g/mol. The minimum atomic E-state index is -0.254. The third-order valence-electron chi connectivity index (χ3n) is 5.77. The molecule has 3 nitrogen and oxygen atoms in total. The number of benzene rings is 2. The number of nitrogens with zero attached hydrogens (tertiary/aromatic N) is 1. The first-order chi connectivity index (χ1) is 13.7. The van der Waals surface area contributed by atoms with E-state index in [0.717, 1.165) is 50.2 Å². The van der Waals surface area contributed by atoms with Gasteiger partial charge in [0, 0.05) is 18.7 Å². The summed E-state index contributed by atoms with van der Waals surface area (Å²) < 4.78 is 13.0. The highest BCUT2D eigenvalue weighted by atomic mass is 19.1. The minimum Gasteiger partial charge on any atom is -0.339 e. The van der Waals surface area contributed by atoms with E-state index in [9.17, 15) is 9.18 Å². The largest absolute Gasteiger partial charge is 0.339 e. The molecule has 2 aliphatic rings. The molecule has 1 saturated heterocycles. The molecule has 1 N–H and O–H groups in total. The Hall–Kier alpha value is -2.46. The Balaban J connectivity index is 1.17. The molecule has 1 fully saturated rings. The van der Waals surface area contributed by atoms with Gasteiger partial charge in [0.15, 0.2) is 0 Å². The van der Waals surface area contributed by atoms with Gasteiger partial charge in [0.25, 0.3) is 0 Å². The first kappa shape index (κ1) is 18.9. The Morgan fingerprint density at radius 2 is 1.79 bits per heavy atom. The summed E-state index contributed by atoms with van der Waals surface area (Å²) in [4.78, 5) is 14.5. The number of nitrogens with one attached hydrogen (secondary N) is 1. The SMILES string of the molecule is O=C1/C(=C/c2ccc(F)cc2)CCN1CCCNCC1Cc2ccccc2C1. The minimum absolute atomic E-state index is 0.121. The van der Waals surface area contributed by atoms with Crippen LogP contribution in [0.25, 0.3) is 6.08 Å². The molecule has 0 saturated carbocycles. The van der Waals surface area contributed by atoms with Crippen LogP contribution in [0.4, 0.5) is 4.39 Å². The molecule has 0 unspecified atom stereocenters. The summed E-state index contributed by atoms with van der Waals surface area (Å²) in [6.45, 7) is 3.55. The number of likely N-dealkylation sites (tertiary alicyclic amines) is 1. The fraction of sp³-hybridized carbons (Fsp3) is 0.375. The van der Waals surface area contributed by atoms with Crippen LogP contribution in [0.2, 0.25) is 0 Å². The molecule has 0 radical (unpaired) electrons. The highest BCUT2D eigenvalue weighted by Crippen LogP contribution is 2.26. The van der Waals surface area contributed by atoms with E-state index in [1.807, 2.05) is 11.0 Å². The van der Waals surface area contributed by atoms with Crippen LogP contribution >= 0.6 is 0 Å². The number of amides is 1. The maximum Gasteiger partial charge on any atom is 0.249 e. The van der Waals surface area contributed by atoms with Gasteiger partial charge in [-0.2, -0.15) is 0 Å². The lowest BCUT2D eigenvalue weighted by molar-refractivity contribution is -0.124. The highest BCUT2D eigenvalue weighted by Gasteiger charge is 2.25. The molecule has 1 aliphatic carbocycles. The maximum absolute atomic E-state index is 13.0. The van der Waals surface area contributed by atoms with E-state index in [1.165, 1.54) is 36.1 Å². The number of hydrogen-bond donors (Lipinski definition) is 1. The van der Waals surface area contributed by atoms with Gasteiger partial charge in [0.2, 0.25) is 5.91 Å². The number of halogens is 1. The zero-order chi connectivity index (χ0) is 19.3. The van der Waals surface area contributed by atoms with Gasteiger partial charge < -0.3 is 10.2 Å². The second-order valence-electron chi connectivity index (χ2n) is 7.86. The predicted octanol–water partition coefficient (Wildman–Crippen LogP) is 3.84. The monoisotopic (exact) mass is 378 g/mol. The molecular weight excluding hydrogens is 351 g/mol. The fourth-order valence-electron chi connectivity index (χ4n) is 4.27. The van der Waals surface area contributed by atoms with Crippen LogP contribution < -0.4 is 5.32 Å². The van der Waals surface area contributed by atoms with Crippen molar-refractivity contribution in [3.63, 3.8) is 0 Å². The lowest BCUT2D eigenvalue weighted by atomic mass is 10.1. The van der Waals surface area contributed by atoms with Crippen LogP contribution in [0.3, 0.4) is 0 Å². The van der Waals surface area contributed by atoms with Crippen molar-refractivity contribution in [2.45, 2.75) is 25.7 Å². The molecule has 1 aliphatic heterocycles. The van der Waals surface area contributed by atoms with Gasteiger partial charge in [-0.25, -0.2) is 4.39 Å². The molecular formula is C24H27FN2O. The summed E-state index contributed by atoms with van der Waals surface area (Å²) in [5, 5.41) is 3.57. The van der Waals surface area contributed by atoms with Crippen LogP contribution in [-0.4, -0.2) is 37.0 Å². The third kappa shape index (κ3) is 4.50. The molecule has 0 spiro atoms. The molecule has 0 bridgehead atoms.